The zero-order valence-electron chi connectivity index (χ0n) is 14.7. The third-order valence-corrected chi connectivity index (χ3v) is 5.37. The maximum atomic E-state index is 12.2. The summed E-state index contributed by atoms with van der Waals surface area (Å²) in [6, 6.07) is 8.19. The highest BCUT2D eigenvalue weighted by Gasteiger charge is 2.22. The number of likely N-dealkylation sites (tertiary alicyclic amines) is 1. The van der Waals surface area contributed by atoms with Gasteiger partial charge in [-0.3, -0.25) is 9.59 Å². The second-order valence-corrected chi connectivity index (χ2v) is 7.61. The highest BCUT2D eigenvalue weighted by atomic mass is 32.2. The number of hydrogen-bond acceptors (Lipinski definition) is 3. The summed E-state index contributed by atoms with van der Waals surface area (Å²) in [5.41, 5.74) is 1.98. The molecule has 132 valence electrons. The zero-order valence-corrected chi connectivity index (χ0v) is 15.5. The van der Waals surface area contributed by atoms with Crippen LogP contribution in [0.4, 0.5) is 5.69 Å². The lowest BCUT2D eigenvalue weighted by molar-refractivity contribution is -0.131. The second-order valence-electron chi connectivity index (χ2n) is 6.51. The maximum Gasteiger partial charge on any atom is 0.232 e. The average molecular weight is 349 g/mol. The molecule has 1 aromatic carbocycles. The van der Waals surface area contributed by atoms with Crippen molar-refractivity contribution in [1.82, 2.24) is 4.90 Å². The van der Waals surface area contributed by atoms with Gasteiger partial charge in [0, 0.05) is 24.7 Å². The van der Waals surface area contributed by atoms with Gasteiger partial charge < -0.3 is 10.2 Å². The summed E-state index contributed by atoms with van der Waals surface area (Å²) < 4.78 is 0. The molecule has 0 aromatic heterocycles. The monoisotopic (exact) mass is 348 g/mol. The van der Waals surface area contributed by atoms with E-state index >= 15 is 0 Å². The van der Waals surface area contributed by atoms with Gasteiger partial charge in [-0.15, -0.1) is 0 Å². The summed E-state index contributed by atoms with van der Waals surface area (Å²) in [6.07, 6.45) is 4.77. The van der Waals surface area contributed by atoms with Crippen molar-refractivity contribution in [2.75, 3.05) is 23.4 Å². The van der Waals surface area contributed by atoms with Crippen molar-refractivity contribution in [3.8, 4) is 0 Å². The summed E-state index contributed by atoms with van der Waals surface area (Å²) in [5.74, 6) is 1.66. The summed E-state index contributed by atoms with van der Waals surface area (Å²) in [4.78, 5) is 26.1. The number of rotatable bonds is 7. The molecule has 0 saturated carbocycles. The Hall–Kier alpha value is -1.49. The highest BCUT2D eigenvalue weighted by Crippen LogP contribution is 2.18. The molecule has 5 heteroatoms. The molecule has 0 spiro atoms. The zero-order chi connectivity index (χ0) is 17.4. The number of nitrogens with zero attached hydrogens (tertiary/aromatic N) is 1. The van der Waals surface area contributed by atoms with Crippen molar-refractivity contribution in [2.24, 2.45) is 0 Å². The van der Waals surface area contributed by atoms with E-state index in [1.807, 2.05) is 36.1 Å². The van der Waals surface area contributed by atoms with Gasteiger partial charge >= 0.3 is 0 Å². The number of thioether (sulfide) groups is 1. The van der Waals surface area contributed by atoms with Crippen molar-refractivity contribution in [3.05, 3.63) is 29.8 Å². The van der Waals surface area contributed by atoms with Crippen LogP contribution in [-0.2, 0) is 9.59 Å². The number of aryl methyl sites for hydroxylation is 1. The van der Waals surface area contributed by atoms with Gasteiger partial charge in [0.2, 0.25) is 11.8 Å². The van der Waals surface area contributed by atoms with Crippen molar-refractivity contribution in [1.29, 1.82) is 0 Å². The van der Waals surface area contributed by atoms with E-state index in [-0.39, 0.29) is 11.8 Å². The normalized spacial score (nSPS) is 17.6. The number of anilines is 1. The van der Waals surface area contributed by atoms with Crippen LogP contribution >= 0.6 is 11.8 Å². The van der Waals surface area contributed by atoms with Gasteiger partial charge in [-0.2, -0.15) is 11.8 Å². The Morgan fingerprint density at radius 3 is 2.92 bits per heavy atom. The average Bonchev–Trinajstić information content (AvgIpc) is 2.54. The summed E-state index contributed by atoms with van der Waals surface area (Å²) in [7, 11) is 0. The van der Waals surface area contributed by atoms with E-state index in [4.69, 9.17) is 0 Å². The second kappa shape index (κ2) is 9.72. The lowest BCUT2D eigenvalue weighted by Gasteiger charge is -2.33. The minimum Gasteiger partial charge on any atom is -0.339 e. The molecule has 4 nitrogen and oxygen atoms in total. The SMILES string of the molecule is Cc1cccc(NC(=O)CCCSCC(=O)N2CCCC[C@H]2C)c1. The van der Waals surface area contributed by atoms with E-state index in [1.165, 1.54) is 6.42 Å². The van der Waals surface area contributed by atoms with Crippen LogP contribution in [0.15, 0.2) is 24.3 Å². The fraction of sp³-hybridized carbons (Fsp3) is 0.579. The Balaban J connectivity index is 1.59. The van der Waals surface area contributed by atoms with Crippen molar-refractivity contribution >= 4 is 29.3 Å². The maximum absolute atomic E-state index is 12.2. The van der Waals surface area contributed by atoms with Gasteiger partial charge in [-0.1, -0.05) is 12.1 Å². The first kappa shape index (κ1) is 18.8. The van der Waals surface area contributed by atoms with Gasteiger partial charge in [-0.05, 0) is 63.0 Å². The van der Waals surface area contributed by atoms with Crippen LogP contribution in [0.2, 0.25) is 0 Å². The quantitative estimate of drug-likeness (QED) is 0.762. The molecule has 1 N–H and O–H groups in total. The molecule has 1 atom stereocenters. The molecule has 0 radical (unpaired) electrons. The molecule has 2 amide bonds. The summed E-state index contributed by atoms with van der Waals surface area (Å²) in [6.45, 7) is 5.04. The van der Waals surface area contributed by atoms with Crippen LogP contribution in [-0.4, -0.2) is 40.8 Å². The minimum atomic E-state index is 0.0391. The fourth-order valence-corrected chi connectivity index (χ4v) is 3.83. The van der Waals surface area contributed by atoms with Crippen LogP contribution in [0.5, 0.6) is 0 Å². The molecule has 2 rings (SSSR count). The highest BCUT2D eigenvalue weighted by molar-refractivity contribution is 7.99. The summed E-state index contributed by atoms with van der Waals surface area (Å²) >= 11 is 1.64. The van der Waals surface area contributed by atoms with Crippen LogP contribution < -0.4 is 5.32 Å². The Morgan fingerprint density at radius 1 is 1.33 bits per heavy atom. The number of carbonyl (C=O) groups excluding carboxylic acids is 2. The number of nitrogens with one attached hydrogen (secondary N) is 1. The van der Waals surface area contributed by atoms with Gasteiger partial charge in [-0.25, -0.2) is 0 Å². The molecule has 0 bridgehead atoms. The molecule has 24 heavy (non-hydrogen) atoms. The van der Waals surface area contributed by atoms with Gasteiger partial charge in [0.1, 0.15) is 0 Å². The van der Waals surface area contributed by atoms with E-state index in [0.717, 1.165) is 42.8 Å². The van der Waals surface area contributed by atoms with Crippen LogP contribution in [0.3, 0.4) is 0 Å². The Labute approximate surface area is 149 Å². The Bertz CT molecular complexity index is 562. The lowest BCUT2D eigenvalue weighted by Crippen LogP contribution is -2.43. The Morgan fingerprint density at radius 2 is 2.17 bits per heavy atom. The molecule has 0 unspecified atom stereocenters. The third-order valence-electron chi connectivity index (χ3n) is 4.34. The number of hydrogen-bond donors (Lipinski definition) is 1. The Kier molecular flexibility index (Phi) is 7.63. The molecule has 1 aliphatic heterocycles. The lowest BCUT2D eigenvalue weighted by atomic mass is 10.0. The molecule has 1 saturated heterocycles. The van der Waals surface area contributed by atoms with E-state index in [1.54, 1.807) is 11.8 Å². The smallest absolute Gasteiger partial charge is 0.232 e. The first-order valence-corrected chi connectivity index (χ1v) is 9.95. The number of carbonyl (C=O) groups is 2. The molecule has 0 aliphatic carbocycles. The van der Waals surface area contributed by atoms with Crippen LogP contribution in [0.25, 0.3) is 0 Å². The van der Waals surface area contributed by atoms with Gasteiger partial charge in [0.15, 0.2) is 0 Å². The van der Waals surface area contributed by atoms with E-state index in [0.29, 0.717) is 18.2 Å². The first-order valence-electron chi connectivity index (χ1n) is 8.80. The fourth-order valence-electron chi connectivity index (χ4n) is 2.99. The van der Waals surface area contributed by atoms with Gasteiger partial charge in [0.05, 0.1) is 5.75 Å². The third kappa shape index (κ3) is 6.19. The molecular formula is C19H28N2O2S. The number of amides is 2. The standard InChI is InChI=1S/C19H28N2O2S/c1-15-7-5-9-17(13-15)20-18(22)10-6-12-24-14-19(23)21-11-4-3-8-16(21)2/h5,7,9,13,16H,3-4,6,8,10-12,14H2,1-2H3,(H,20,22)/t16-/m1/s1. The predicted octanol–water partition coefficient (Wildman–Crippen LogP) is 3.85. The topological polar surface area (TPSA) is 49.4 Å². The largest absolute Gasteiger partial charge is 0.339 e. The van der Waals surface area contributed by atoms with Crippen molar-refractivity contribution in [2.45, 2.75) is 52.0 Å². The van der Waals surface area contributed by atoms with Crippen LogP contribution in [0.1, 0.15) is 44.6 Å². The van der Waals surface area contributed by atoms with E-state index in [2.05, 4.69) is 12.2 Å². The number of benzene rings is 1. The number of piperidine rings is 1. The van der Waals surface area contributed by atoms with Crippen molar-refractivity contribution in [3.63, 3.8) is 0 Å². The van der Waals surface area contributed by atoms with E-state index < -0.39 is 0 Å². The van der Waals surface area contributed by atoms with Gasteiger partial charge in [0.25, 0.3) is 0 Å². The molecule has 1 aromatic rings. The predicted molar refractivity (Wildman–Crippen MR) is 101 cm³/mol. The molecular weight excluding hydrogens is 320 g/mol. The summed E-state index contributed by atoms with van der Waals surface area (Å²) in [5, 5.41) is 2.92. The minimum absolute atomic E-state index is 0.0391. The van der Waals surface area contributed by atoms with E-state index in [9.17, 15) is 9.59 Å². The molecule has 1 heterocycles. The molecule has 1 aliphatic rings. The van der Waals surface area contributed by atoms with Crippen LogP contribution in [0, 0.1) is 6.92 Å². The first-order chi connectivity index (χ1) is 11.6. The van der Waals surface area contributed by atoms with Crippen molar-refractivity contribution < 1.29 is 9.59 Å². The molecule has 1 fully saturated rings.